The average molecular weight is 306 g/mol. The van der Waals surface area contributed by atoms with Crippen molar-refractivity contribution in [3.63, 3.8) is 0 Å². The fourth-order valence-corrected chi connectivity index (χ4v) is 2.47. The molecule has 0 saturated carbocycles. The quantitative estimate of drug-likeness (QED) is 0.728. The number of nitrogens with zero attached hydrogens (tertiary/aromatic N) is 1. The van der Waals surface area contributed by atoms with Crippen LogP contribution in [0.3, 0.4) is 0 Å². The number of nitrogens with one attached hydrogen (secondary N) is 1. The lowest BCUT2D eigenvalue weighted by molar-refractivity contribution is -0.105. The Morgan fingerprint density at radius 2 is 1.57 bits per heavy atom. The summed E-state index contributed by atoms with van der Waals surface area (Å²) in [5, 5.41) is 12.8. The second-order valence-corrected chi connectivity index (χ2v) is 4.90. The molecule has 0 unspecified atom stereocenters. The summed E-state index contributed by atoms with van der Waals surface area (Å²) in [6, 6.07) is 19.3. The minimum Gasteiger partial charge on any atom is -0.494 e. The maximum atomic E-state index is 12.8. The van der Waals surface area contributed by atoms with Gasteiger partial charge in [0, 0.05) is 11.6 Å². The number of anilines is 1. The highest BCUT2D eigenvalue weighted by molar-refractivity contribution is 5.85. The Labute approximate surface area is 132 Å². The molecule has 0 aliphatic heterocycles. The molecule has 114 valence electrons. The van der Waals surface area contributed by atoms with Gasteiger partial charge in [-0.2, -0.15) is 0 Å². The van der Waals surface area contributed by atoms with E-state index in [1.807, 2.05) is 24.3 Å². The van der Waals surface area contributed by atoms with E-state index in [2.05, 4.69) is 5.32 Å². The van der Waals surface area contributed by atoms with Gasteiger partial charge in [0.25, 0.3) is 5.56 Å². The lowest BCUT2D eigenvalue weighted by Crippen LogP contribution is -2.22. The fraction of sp³-hybridized carbons (Fsp3) is 0. The molecule has 0 bridgehead atoms. The second kappa shape index (κ2) is 6.19. The Morgan fingerprint density at radius 3 is 2.17 bits per heavy atom. The number of carbonyl (C=O) groups is 1. The highest BCUT2D eigenvalue weighted by atomic mass is 16.3. The second-order valence-electron chi connectivity index (χ2n) is 4.90. The van der Waals surface area contributed by atoms with Crippen LogP contribution in [0.5, 0.6) is 5.88 Å². The van der Waals surface area contributed by atoms with Crippen LogP contribution in [0, 0.1) is 0 Å². The van der Waals surface area contributed by atoms with Gasteiger partial charge < -0.3 is 10.4 Å². The molecule has 2 N–H and O–H groups in total. The molecular weight excluding hydrogens is 292 g/mol. The van der Waals surface area contributed by atoms with Crippen molar-refractivity contribution in [3.8, 4) is 22.7 Å². The maximum absolute atomic E-state index is 12.8. The lowest BCUT2D eigenvalue weighted by atomic mass is 10.0. The number of aromatic nitrogens is 1. The van der Waals surface area contributed by atoms with Crippen molar-refractivity contribution in [2.75, 3.05) is 5.32 Å². The van der Waals surface area contributed by atoms with Crippen molar-refractivity contribution >= 4 is 12.1 Å². The standard InChI is InChI=1S/C18H14N2O3/c21-12-19-17-15(13-7-3-1-4-8-13)11-16(22)20(18(17)23)14-9-5-2-6-10-14/h1-12,22H,(H,19,21). The van der Waals surface area contributed by atoms with E-state index in [-0.39, 0.29) is 11.6 Å². The van der Waals surface area contributed by atoms with Crippen LogP contribution in [0.25, 0.3) is 16.8 Å². The molecule has 2 aromatic carbocycles. The molecular formula is C18H14N2O3. The first-order chi connectivity index (χ1) is 11.2. The largest absolute Gasteiger partial charge is 0.494 e. The first-order valence-electron chi connectivity index (χ1n) is 7.02. The van der Waals surface area contributed by atoms with Crippen molar-refractivity contribution in [2.45, 2.75) is 0 Å². The van der Waals surface area contributed by atoms with E-state index in [1.54, 1.807) is 36.4 Å². The van der Waals surface area contributed by atoms with E-state index in [9.17, 15) is 14.7 Å². The van der Waals surface area contributed by atoms with Crippen LogP contribution in [0.2, 0.25) is 0 Å². The van der Waals surface area contributed by atoms with Gasteiger partial charge in [-0.1, -0.05) is 48.5 Å². The van der Waals surface area contributed by atoms with Gasteiger partial charge >= 0.3 is 0 Å². The number of benzene rings is 2. The van der Waals surface area contributed by atoms with E-state index in [0.29, 0.717) is 17.7 Å². The molecule has 3 aromatic rings. The first-order valence-corrected chi connectivity index (χ1v) is 7.02. The van der Waals surface area contributed by atoms with Crippen molar-refractivity contribution in [2.24, 2.45) is 0 Å². The predicted octanol–water partition coefficient (Wildman–Crippen LogP) is 2.78. The van der Waals surface area contributed by atoms with Crippen molar-refractivity contribution in [3.05, 3.63) is 77.1 Å². The summed E-state index contributed by atoms with van der Waals surface area (Å²) in [5.41, 5.74) is 1.33. The predicted molar refractivity (Wildman–Crippen MR) is 88.8 cm³/mol. The van der Waals surface area contributed by atoms with Crippen LogP contribution in [-0.4, -0.2) is 16.1 Å². The third-order valence-corrected chi connectivity index (χ3v) is 3.49. The number of carbonyl (C=O) groups excluding carboxylic acids is 1. The molecule has 0 saturated heterocycles. The van der Waals surface area contributed by atoms with Gasteiger partial charge in [-0.25, -0.2) is 4.57 Å². The van der Waals surface area contributed by atoms with Crippen LogP contribution < -0.4 is 10.9 Å². The van der Waals surface area contributed by atoms with Crippen molar-refractivity contribution < 1.29 is 9.90 Å². The summed E-state index contributed by atoms with van der Waals surface area (Å²) in [7, 11) is 0. The van der Waals surface area contributed by atoms with Gasteiger partial charge in [0.2, 0.25) is 6.41 Å². The van der Waals surface area contributed by atoms with Gasteiger partial charge in [-0.15, -0.1) is 0 Å². The molecule has 1 heterocycles. The number of pyridine rings is 1. The fourth-order valence-electron chi connectivity index (χ4n) is 2.47. The molecule has 0 atom stereocenters. The molecule has 0 aliphatic carbocycles. The molecule has 0 radical (unpaired) electrons. The van der Waals surface area contributed by atoms with Crippen molar-refractivity contribution in [1.29, 1.82) is 0 Å². The monoisotopic (exact) mass is 306 g/mol. The van der Waals surface area contributed by atoms with Gasteiger partial charge in [0.1, 0.15) is 5.69 Å². The third kappa shape index (κ3) is 2.72. The average Bonchev–Trinajstić information content (AvgIpc) is 2.59. The summed E-state index contributed by atoms with van der Waals surface area (Å²) in [6.45, 7) is 0. The smallest absolute Gasteiger partial charge is 0.282 e. The minimum absolute atomic E-state index is 0.118. The molecule has 5 heteroatoms. The number of aromatic hydroxyl groups is 1. The zero-order valence-corrected chi connectivity index (χ0v) is 12.1. The lowest BCUT2D eigenvalue weighted by Gasteiger charge is -2.14. The van der Waals surface area contributed by atoms with E-state index in [1.165, 1.54) is 6.07 Å². The highest BCUT2D eigenvalue weighted by Gasteiger charge is 2.16. The van der Waals surface area contributed by atoms with Crippen LogP contribution in [0.4, 0.5) is 5.69 Å². The number of para-hydroxylation sites is 1. The Kier molecular flexibility index (Phi) is 3.93. The topological polar surface area (TPSA) is 71.3 Å². The van der Waals surface area contributed by atoms with Crippen molar-refractivity contribution in [1.82, 2.24) is 4.57 Å². The van der Waals surface area contributed by atoms with Crippen LogP contribution in [0.15, 0.2) is 71.5 Å². The zero-order valence-electron chi connectivity index (χ0n) is 12.1. The minimum atomic E-state index is -0.498. The molecule has 0 aliphatic rings. The Hall–Kier alpha value is -3.34. The summed E-state index contributed by atoms with van der Waals surface area (Å²) in [4.78, 5) is 23.7. The Balaban J connectivity index is 2.29. The molecule has 5 nitrogen and oxygen atoms in total. The summed E-state index contributed by atoms with van der Waals surface area (Å²) >= 11 is 0. The van der Waals surface area contributed by atoms with Crippen LogP contribution >= 0.6 is 0 Å². The molecule has 0 spiro atoms. The van der Waals surface area contributed by atoms with Gasteiger partial charge in [-0.3, -0.25) is 9.59 Å². The summed E-state index contributed by atoms with van der Waals surface area (Å²) in [6.07, 6.45) is 0.454. The van der Waals surface area contributed by atoms with E-state index < -0.39 is 5.56 Å². The molecule has 23 heavy (non-hydrogen) atoms. The van der Waals surface area contributed by atoms with E-state index in [0.717, 1.165) is 10.1 Å². The molecule has 0 fully saturated rings. The maximum Gasteiger partial charge on any atom is 0.282 e. The number of amides is 1. The normalized spacial score (nSPS) is 10.3. The molecule has 1 aromatic heterocycles. The Bertz CT molecular complexity index is 887. The highest BCUT2D eigenvalue weighted by Crippen LogP contribution is 2.29. The van der Waals surface area contributed by atoms with Gasteiger partial charge in [0.05, 0.1) is 5.69 Å². The molecule has 3 rings (SSSR count). The number of hydrogen-bond donors (Lipinski definition) is 2. The number of hydrogen-bond acceptors (Lipinski definition) is 3. The first kappa shape index (κ1) is 14.6. The van der Waals surface area contributed by atoms with E-state index >= 15 is 0 Å². The molecule has 1 amide bonds. The summed E-state index contributed by atoms with van der Waals surface area (Å²) < 4.78 is 1.15. The third-order valence-electron chi connectivity index (χ3n) is 3.49. The SMILES string of the molecule is O=CNc1c(-c2ccccc2)cc(O)n(-c2ccccc2)c1=O. The van der Waals surface area contributed by atoms with Crippen LogP contribution in [-0.2, 0) is 4.79 Å². The van der Waals surface area contributed by atoms with Crippen LogP contribution in [0.1, 0.15) is 0 Å². The zero-order chi connectivity index (χ0) is 16.2. The Morgan fingerprint density at radius 1 is 0.957 bits per heavy atom. The summed E-state index contributed by atoms with van der Waals surface area (Å²) in [5.74, 6) is -0.198. The van der Waals surface area contributed by atoms with Gasteiger partial charge in [0.15, 0.2) is 5.88 Å². The number of rotatable bonds is 4. The van der Waals surface area contributed by atoms with E-state index in [4.69, 9.17) is 0 Å². The van der Waals surface area contributed by atoms with Gasteiger partial charge in [-0.05, 0) is 17.7 Å².